The fourth-order valence-electron chi connectivity index (χ4n) is 3.27. The van der Waals surface area contributed by atoms with Gasteiger partial charge >= 0.3 is 7.60 Å². The summed E-state index contributed by atoms with van der Waals surface area (Å²) in [6.07, 6.45) is -0.553. The molecule has 8 nitrogen and oxygen atoms in total. The highest BCUT2D eigenvalue weighted by molar-refractivity contribution is 7.51. The summed E-state index contributed by atoms with van der Waals surface area (Å²) in [6, 6.07) is 19.5. The van der Waals surface area contributed by atoms with Crippen molar-refractivity contribution < 1.29 is 19.3 Å². The first-order valence-electron chi connectivity index (χ1n) is 8.68. The third-order valence-corrected chi connectivity index (χ3v) is 5.10. The van der Waals surface area contributed by atoms with Crippen molar-refractivity contribution in [2.45, 2.75) is 0 Å². The van der Waals surface area contributed by atoms with Gasteiger partial charge in [0, 0.05) is 23.1 Å². The van der Waals surface area contributed by atoms with Crippen molar-refractivity contribution in [2.75, 3.05) is 11.6 Å². The number of nitro groups is 1. The molecule has 0 saturated heterocycles. The molecule has 3 N–H and O–H groups in total. The van der Waals surface area contributed by atoms with Crippen molar-refractivity contribution in [1.82, 2.24) is 4.98 Å². The number of anilines is 1. The second-order valence-corrected chi connectivity index (χ2v) is 8.19. The number of pyridine rings is 1. The third kappa shape index (κ3) is 3.95. The minimum atomic E-state index is -4.26. The summed E-state index contributed by atoms with van der Waals surface area (Å²) < 4.78 is 11.2. The number of aromatic nitrogens is 1. The Balaban J connectivity index is 1.96. The van der Waals surface area contributed by atoms with Crippen LogP contribution < -0.4 is 5.32 Å². The average Bonchev–Trinajstić information content (AvgIpc) is 2.70. The van der Waals surface area contributed by atoms with Crippen LogP contribution in [0.2, 0.25) is 0 Å². The van der Waals surface area contributed by atoms with Gasteiger partial charge in [0.1, 0.15) is 12.1 Å². The Hall–Kier alpha value is -3.32. The number of nitrogens with one attached hydrogen (secondary N) is 1. The van der Waals surface area contributed by atoms with Crippen molar-refractivity contribution in [3.8, 4) is 11.1 Å². The number of rotatable bonds is 5. The lowest BCUT2D eigenvalue weighted by molar-refractivity contribution is -0.384. The molecule has 4 rings (SSSR count). The summed E-state index contributed by atoms with van der Waals surface area (Å²) in [5, 5.41) is 16.5. The molecule has 1 aromatic heterocycles. The molecule has 0 saturated carbocycles. The Morgan fingerprint density at radius 3 is 2.48 bits per heavy atom. The van der Waals surface area contributed by atoms with Crippen molar-refractivity contribution in [3.05, 3.63) is 76.8 Å². The maximum absolute atomic E-state index is 11.5. The van der Waals surface area contributed by atoms with Gasteiger partial charge in [0.25, 0.3) is 5.69 Å². The lowest BCUT2D eigenvalue weighted by atomic mass is 9.95. The number of non-ortho nitro benzene ring substituents is 1. The molecule has 0 unspecified atom stereocenters. The Morgan fingerprint density at radius 1 is 0.966 bits per heavy atom. The molecule has 0 spiro atoms. The monoisotopic (exact) mass is 409 g/mol. The van der Waals surface area contributed by atoms with Gasteiger partial charge in [0.05, 0.1) is 10.4 Å². The van der Waals surface area contributed by atoms with Crippen LogP contribution in [0.25, 0.3) is 32.8 Å². The number of benzene rings is 3. The fraction of sp³-hybridized carbons (Fsp3) is 0.0500. The number of fused-ring (bicyclic) bond motifs is 2. The Kier molecular flexibility index (Phi) is 4.76. The maximum Gasteiger partial charge on any atom is 0.344 e. The van der Waals surface area contributed by atoms with E-state index in [-0.39, 0.29) is 11.5 Å². The molecule has 3 aromatic carbocycles. The zero-order valence-corrected chi connectivity index (χ0v) is 15.9. The van der Waals surface area contributed by atoms with Crippen molar-refractivity contribution >= 4 is 40.8 Å². The molecule has 146 valence electrons. The van der Waals surface area contributed by atoms with E-state index in [1.54, 1.807) is 6.07 Å². The van der Waals surface area contributed by atoms with E-state index in [1.165, 1.54) is 18.2 Å². The second-order valence-electron chi connectivity index (χ2n) is 6.54. The van der Waals surface area contributed by atoms with Crippen LogP contribution in [0.4, 0.5) is 11.5 Å². The summed E-state index contributed by atoms with van der Waals surface area (Å²) in [6.45, 7) is 0. The fourth-order valence-corrected chi connectivity index (χ4v) is 3.64. The predicted molar refractivity (Wildman–Crippen MR) is 112 cm³/mol. The molecule has 1 heterocycles. The number of hydrogen-bond acceptors (Lipinski definition) is 5. The van der Waals surface area contributed by atoms with Crippen LogP contribution in [-0.2, 0) is 4.57 Å². The van der Waals surface area contributed by atoms with Crippen molar-refractivity contribution in [2.24, 2.45) is 0 Å². The molecule has 9 heteroatoms. The van der Waals surface area contributed by atoms with Gasteiger partial charge in [-0.25, -0.2) is 4.98 Å². The summed E-state index contributed by atoms with van der Waals surface area (Å²) in [5.41, 5.74) is 1.81. The predicted octanol–water partition coefficient (Wildman–Crippen LogP) is 4.51. The van der Waals surface area contributed by atoms with E-state index < -0.39 is 18.8 Å². The molecule has 0 aliphatic heterocycles. The molecule has 0 aliphatic carbocycles. The molecular formula is C20H16N3O5P. The number of hydrogen-bond donors (Lipinski definition) is 3. The summed E-state index contributed by atoms with van der Waals surface area (Å²) in [7, 11) is -4.26. The maximum atomic E-state index is 11.5. The van der Waals surface area contributed by atoms with Gasteiger partial charge in [0.15, 0.2) is 0 Å². The lowest BCUT2D eigenvalue weighted by Crippen LogP contribution is -2.04. The van der Waals surface area contributed by atoms with Gasteiger partial charge in [0.2, 0.25) is 0 Å². The Labute approximate surface area is 165 Å². The summed E-state index contributed by atoms with van der Waals surface area (Å²) in [5.74, 6) is 0.274. The van der Waals surface area contributed by atoms with Crippen LogP contribution in [0.15, 0.2) is 66.7 Å². The van der Waals surface area contributed by atoms with E-state index in [2.05, 4.69) is 10.3 Å². The highest BCUT2D eigenvalue weighted by Crippen LogP contribution is 2.37. The normalized spacial score (nSPS) is 11.7. The first kappa shape index (κ1) is 19.0. The van der Waals surface area contributed by atoms with Crippen LogP contribution in [-0.4, -0.2) is 26.0 Å². The van der Waals surface area contributed by atoms with Crippen LogP contribution >= 0.6 is 7.60 Å². The van der Waals surface area contributed by atoms with E-state index in [4.69, 9.17) is 9.79 Å². The third-order valence-electron chi connectivity index (χ3n) is 4.53. The first-order valence-corrected chi connectivity index (χ1v) is 10.5. The SMILES string of the molecule is O=[N+]([O-])c1cc(-c2cccc3ccccc23)c2nc(NCP(=O)(O)O)ccc2c1. The highest BCUT2D eigenvalue weighted by Gasteiger charge is 2.17. The molecular weight excluding hydrogens is 393 g/mol. The van der Waals surface area contributed by atoms with Gasteiger partial charge in [-0.15, -0.1) is 0 Å². The quantitative estimate of drug-likeness (QED) is 0.251. The van der Waals surface area contributed by atoms with Crippen LogP contribution in [0.1, 0.15) is 0 Å². The molecule has 0 fully saturated rings. The summed E-state index contributed by atoms with van der Waals surface area (Å²) in [4.78, 5) is 33.7. The van der Waals surface area contributed by atoms with E-state index in [0.717, 1.165) is 16.3 Å². The minimum absolute atomic E-state index is 0.0573. The van der Waals surface area contributed by atoms with Crippen LogP contribution in [0.3, 0.4) is 0 Å². The zero-order valence-electron chi connectivity index (χ0n) is 15.0. The van der Waals surface area contributed by atoms with Gasteiger partial charge in [-0.1, -0.05) is 42.5 Å². The second kappa shape index (κ2) is 7.25. The Bertz CT molecular complexity index is 1300. The average molecular weight is 409 g/mol. The molecule has 0 bridgehead atoms. The van der Waals surface area contributed by atoms with Crippen molar-refractivity contribution in [3.63, 3.8) is 0 Å². The molecule has 0 atom stereocenters. The zero-order chi connectivity index (χ0) is 20.6. The lowest BCUT2D eigenvalue weighted by Gasteiger charge is -2.12. The molecule has 4 aromatic rings. The Morgan fingerprint density at radius 2 is 1.72 bits per heavy atom. The van der Waals surface area contributed by atoms with Gasteiger partial charge in [-0.3, -0.25) is 14.7 Å². The van der Waals surface area contributed by atoms with E-state index in [9.17, 15) is 14.7 Å². The smallest absolute Gasteiger partial charge is 0.344 e. The summed E-state index contributed by atoms with van der Waals surface area (Å²) >= 11 is 0. The van der Waals surface area contributed by atoms with Crippen LogP contribution in [0.5, 0.6) is 0 Å². The first-order chi connectivity index (χ1) is 13.8. The van der Waals surface area contributed by atoms with Gasteiger partial charge in [-0.2, -0.15) is 0 Å². The molecule has 29 heavy (non-hydrogen) atoms. The molecule has 0 aliphatic rings. The number of nitro benzene ring substituents is 1. The molecule has 0 radical (unpaired) electrons. The standard InChI is InChI=1S/C20H16N3O5P/c24-23(25)15-10-14-8-9-19(21-12-29(26,27)28)22-20(14)18(11-15)17-7-3-5-13-4-1-2-6-16(13)17/h1-11H,12H2,(H,21,22)(H2,26,27,28). The van der Waals surface area contributed by atoms with E-state index >= 15 is 0 Å². The highest BCUT2D eigenvalue weighted by atomic mass is 31.2. The van der Waals surface area contributed by atoms with Crippen LogP contribution in [0, 0.1) is 10.1 Å². The van der Waals surface area contributed by atoms with E-state index in [1.807, 2.05) is 42.5 Å². The molecule has 0 amide bonds. The van der Waals surface area contributed by atoms with Gasteiger partial charge < -0.3 is 15.1 Å². The van der Waals surface area contributed by atoms with Crippen molar-refractivity contribution in [1.29, 1.82) is 0 Å². The minimum Gasteiger partial charge on any atom is -0.359 e. The van der Waals surface area contributed by atoms with E-state index in [0.29, 0.717) is 16.5 Å². The van der Waals surface area contributed by atoms with Gasteiger partial charge in [-0.05, 0) is 28.5 Å². The number of nitrogens with zero attached hydrogens (tertiary/aromatic N) is 2. The largest absolute Gasteiger partial charge is 0.359 e. The topological polar surface area (TPSA) is 126 Å².